The van der Waals surface area contributed by atoms with Crippen molar-refractivity contribution in [3.05, 3.63) is 35.4 Å². The number of hydrogen-bond acceptors (Lipinski definition) is 2. The highest BCUT2D eigenvalue weighted by Crippen LogP contribution is 2.18. The Balaban J connectivity index is 1.92. The second-order valence-corrected chi connectivity index (χ2v) is 4.81. The molecule has 1 saturated carbocycles. The minimum Gasteiger partial charge on any atom is -0.338 e. The Labute approximate surface area is 111 Å². The Kier molecular flexibility index (Phi) is 4.47. The fourth-order valence-electron chi connectivity index (χ4n) is 1.87. The second kappa shape index (κ2) is 6.10. The number of hydrogen-bond donors (Lipinski definition) is 1. The van der Waals surface area contributed by atoms with Crippen LogP contribution in [0.15, 0.2) is 18.2 Å². The Hall–Kier alpha value is -1.49. The van der Waals surface area contributed by atoms with Crippen LogP contribution in [-0.4, -0.2) is 29.9 Å². The van der Waals surface area contributed by atoms with Crippen LogP contribution < -0.4 is 5.32 Å². The molecule has 0 unspecified atom stereocenters. The third-order valence-corrected chi connectivity index (χ3v) is 3.21. The average molecular weight is 268 g/mol. The van der Waals surface area contributed by atoms with E-state index < -0.39 is 11.6 Å². The van der Waals surface area contributed by atoms with E-state index in [1.54, 1.807) is 4.90 Å². The van der Waals surface area contributed by atoms with Gasteiger partial charge in [-0.2, -0.15) is 0 Å². The first kappa shape index (κ1) is 13.9. The van der Waals surface area contributed by atoms with Crippen molar-refractivity contribution in [2.75, 3.05) is 13.1 Å². The van der Waals surface area contributed by atoms with Crippen molar-refractivity contribution in [3.63, 3.8) is 0 Å². The maximum absolute atomic E-state index is 13.1. The van der Waals surface area contributed by atoms with Gasteiger partial charge in [-0.3, -0.25) is 4.79 Å². The molecule has 0 heterocycles. The van der Waals surface area contributed by atoms with E-state index in [-0.39, 0.29) is 5.91 Å². The van der Waals surface area contributed by atoms with Gasteiger partial charge < -0.3 is 10.2 Å². The lowest BCUT2D eigenvalue weighted by Crippen LogP contribution is -2.38. The molecule has 3 nitrogen and oxygen atoms in total. The maximum atomic E-state index is 13.1. The summed E-state index contributed by atoms with van der Waals surface area (Å²) in [4.78, 5) is 13.6. The van der Waals surface area contributed by atoms with Crippen molar-refractivity contribution in [1.29, 1.82) is 0 Å². The number of carbonyl (C=O) groups excluding carboxylic acids is 1. The minimum atomic E-state index is -0.878. The van der Waals surface area contributed by atoms with E-state index in [0.29, 0.717) is 31.2 Å². The Bertz CT molecular complexity index is 461. The molecule has 0 saturated heterocycles. The summed E-state index contributed by atoms with van der Waals surface area (Å²) in [7, 11) is 0. The fourth-order valence-corrected chi connectivity index (χ4v) is 1.87. The summed E-state index contributed by atoms with van der Waals surface area (Å²) in [5, 5.41) is 3.15. The maximum Gasteiger partial charge on any atom is 0.236 e. The van der Waals surface area contributed by atoms with Gasteiger partial charge in [-0.05, 0) is 37.5 Å². The number of nitrogens with one attached hydrogen (secondary N) is 1. The van der Waals surface area contributed by atoms with Gasteiger partial charge in [0.05, 0.1) is 6.54 Å². The highest BCUT2D eigenvalue weighted by Gasteiger charge is 2.22. The van der Waals surface area contributed by atoms with E-state index >= 15 is 0 Å². The van der Waals surface area contributed by atoms with Crippen LogP contribution in [0.25, 0.3) is 0 Å². The SMILES string of the molecule is CCN(Cc1ccc(F)c(F)c1)C(=O)CNC1CC1. The number of likely N-dealkylation sites (N-methyl/N-ethyl adjacent to an activating group) is 1. The van der Waals surface area contributed by atoms with Crippen molar-refractivity contribution >= 4 is 5.91 Å². The van der Waals surface area contributed by atoms with Crippen molar-refractivity contribution < 1.29 is 13.6 Å². The molecule has 0 spiro atoms. The van der Waals surface area contributed by atoms with Gasteiger partial charge in [-0.15, -0.1) is 0 Å². The fraction of sp³-hybridized carbons (Fsp3) is 0.500. The number of benzene rings is 1. The molecule has 0 aromatic heterocycles. The minimum absolute atomic E-state index is 0.0147. The van der Waals surface area contributed by atoms with E-state index in [2.05, 4.69) is 5.32 Å². The van der Waals surface area contributed by atoms with Crippen LogP contribution in [0.4, 0.5) is 8.78 Å². The normalized spacial score (nSPS) is 14.5. The zero-order valence-corrected chi connectivity index (χ0v) is 11.0. The molecule has 0 bridgehead atoms. The third kappa shape index (κ3) is 3.99. The predicted octanol–water partition coefficient (Wildman–Crippen LogP) is 2.07. The second-order valence-electron chi connectivity index (χ2n) is 4.81. The van der Waals surface area contributed by atoms with Crippen molar-refractivity contribution in [1.82, 2.24) is 10.2 Å². The lowest BCUT2D eigenvalue weighted by atomic mass is 10.2. The molecule has 5 heteroatoms. The van der Waals surface area contributed by atoms with Crippen molar-refractivity contribution in [3.8, 4) is 0 Å². The van der Waals surface area contributed by atoms with Crippen LogP contribution in [0.2, 0.25) is 0 Å². The summed E-state index contributed by atoms with van der Waals surface area (Å²) < 4.78 is 25.9. The van der Waals surface area contributed by atoms with Crippen LogP contribution in [0, 0.1) is 11.6 Å². The van der Waals surface area contributed by atoms with Gasteiger partial charge in [0.1, 0.15) is 0 Å². The number of nitrogens with zero attached hydrogens (tertiary/aromatic N) is 1. The van der Waals surface area contributed by atoms with Gasteiger partial charge in [0.25, 0.3) is 0 Å². The molecule has 1 fully saturated rings. The van der Waals surface area contributed by atoms with E-state index in [9.17, 15) is 13.6 Å². The standard InChI is InChI=1S/C14H18F2N2O/c1-2-18(14(19)8-17-11-4-5-11)9-10-3-6-12(15)13(16)7-10/h3,6-7,11,17H,2,4-5,8-9H2,1H3. The van der Waals surface area contributed by atoms with Crippen LogP contribution in [-0.2, 0) is 11.3 Å². The molecule has 1 N–H and O–H groups in total. The monoisotopic (exact) mass is 268 g/mol. The third-order valence-electron chi connectivity index (χ3n) is 3.21. The molecule has 0 radical (unpaired) electrons. The zero-order valence-electron chi connectivity index (χ0n) is 11.0. The van der Waals surface area contributed by atoms with Gasteiger partial charge in [0.15, 0.2) is 11.6 Å². The average Bonchev–Trinajstić information content (AvgIpc) is 3.21. The van der Waals surface area contributed by atoms with Gasteiger partial charge in [0, 0.05) is 19.1 Å². The summed E-state index contributed by atoms with van der Waals surface area (Å²) in [6.07, 6.45) is 2.26. The molecular formula is C14H18F2N2O. The molecule has 19 heavy (non-hydrogen) atoms. The Morgan fingerprint density at radius 3 is 2.68 bits per heavy atom. The summed E-state index contributed by atoms with van der Waals surface area (Å²) in [5.41, 5.74) is 0.598. The first-order chi connectivity index (χ1) is 9.10. The molecule has 1 aliphatic rings. The van der Waals surface area contributed by atoms with Gasteiger partial charge in [-0.1, -0.05) is 6.07 Å². The quantitative estimate of drug-likeness (QED) is 0.856. The number of rotatable bonds is 6. The van der Waals surface area contributed by atoms with Crippen LogP contribution in [0.5, 0.6) is 0 Å². The van der Waals surface area contributed by atoms with E-state index in [1.165, 1.54) is 6.07 Å². The molecule has 0 atom stereocenters. The van der Waals surface area contributed by atoms with Crippen molar-refractivity contribution in [2.45, 2.75) is 32.4 Å². The van der Waals surface area contributed by atoms with Crippen LogP contribution in [0.1, 0.15) is 25.3 Å². The Morgan fingerprint density at radius 1 is 1.37 bits per heavy atom. The number of halogens is 2. The molecule has 1 aliphatic carbocycles. The van der Waals surface area contributed by atoms with Crippen LogP contribution >= 0.6 is 0 Å². The number of carbonyl (C=O) groups is 1. The Morgan fingerprint density at radius 2 is 2.11 bits per heavy atom. The molecule has 2 rings (SSSR count). The first-order valence-corrected chi connectivity index (χ1v) is 6.55. The van der Waals surface area contributed by atoms with E-state index in [4.69, 9.17) is 0 Å². The molecule has 0 aliphatic heterocycles. The highest BCUT2D eigenvalue weighted by molar-refractivity contribution is 5.78. The largest absolute Gasteiger partial charge is 0.338 e. The first-order valence-electron chi connectivity index (χ1n) is 6.55. The predicted molar refractivity (Wildman–Crippen MR) is 68.5 cm³/mol. The summed E-state index contributed by atoms with van der Waals surface area (Å²) in [6, 6.07) is 4.21. The molecule has 1 aromatic rings. The van der Waals surface area contributed by atoms with Gasteiger partial charge in [-0.25, -0.2) is 8.78 Å². The summed E-state index contributed by atoms with van der Waals surface area (Å²) in [5.74, 6) is -1.76. The molecule has 1 aromatic carbocycles. The smallest absolute Gasteiger partial charge is 0.236 e. The van der Waals surface area contributed by atoms with E-state index in [1.807, 2.05) is 6.92 Å². The number of amides is 1. The van der Waals surface area contributed by atoms with Crippen LogP contribution in [0.3, 0.4) is 0 Å². The lowest BCUT2D eigenvalue weighted by Gasteiger charge is -2.21. The molecule has 1 amide bonds. The zero-order chi connectivity index (χ0) is 13.8. The van der Waals surface area contributed by atoms with Crippen molar-refractivity contribution in [2.24, 2.45) is 0 Å². The summed E-state index contributed by atoms with van der Waals surface area (Å²) >= 11 is 0. The highest BCUT2D eigenvalue weighted by atomic mass is 19.2. The molecular weight excluding hydrogens is 250 g/mol. The van der Waals surface area contributed by atoms with E-state index in [0.717, 1.165) is 25.0 Å². The van der Waals surface area contributed by atoms with Gasteiger partial charge >= 0.3 is 0 Å². The van der Waals surface area contributed by atoms with Gasteiger partial charge in [0.2, 0.25) is 5.91 Å². The topological polar surface area (TPSA) is 32.3 Å². The molecule has 104 valence electrons. The lowest BCUT2D eigenvalue weighted by molar-refractivity contribution is -0.130. The summed E-state index contributed by atoms with van der Waals surface area (Å²) in [6.45, 7) is 3.03.